The minimum Gasteiger partial charge on any atom is -0.489 e. The molecule has 0 saturated carbocycles. The zero-order chi connectivity index (χ0) is 24.7. The molecule has 5 rings (SSSR count). The van der Waals surface area contributed by atoms with Gasteiger partial charge in [-0.15, -0.1) is 11.3 Å². The number of amides is 1. The number of ether oxygens (including phenoxy) is 1. The van der Waals surface area contributed by atoms with Crippen molar-refractivity contribution in [3.05, 3.63) is 35.1 Å². The normalized spacial score (nSPS) is 15.7. The number of aryl methyl sites for hydroxylation is 1. The molecule has 3 aromatic heterocycles. The lowest BCUT2D eigenvalue weighted by Crippen LogP contribution is -2.38. The molecule has 1 atom stereocenters. The number of carbonyl (C=O) groups is 1. The molecular weight excluding hydrogens is 474 g/mol. The van der Waals surface area contributed by atoms with Crippen molar-refractivity contribution < 1.29 is 18.3 Å². The maximum atomic E-state index is 12.8. The van der Waals surface area contributed by atoms with Gasteiger partial charge in [0.15, 0.2) is 0 Å². The number of aromatic nitrogens is 4. The number of fused-ring (bicyclic) bond motifs is 4. The maximum Gasteiger partial charge on any atom is 0.255 e. The number of aromatic amines is 1. The van der Waals surface area contributed by atoms with E-state index < -0.39 is 13.0 Å². The molecule has 1 aliphatic rings. The largest absolute Gasteiger partial charge is 0.489 e. The van der Waals surface area contributed by atoms with Crippen molar-refractivity contribution in [1.82, 2.24) is 25.1 Å². The summed E-state index contributed by atoms with van der Waals surface area (Å²) in [6.45, 7) is 3.39. The third-order valence-corrected chi connectivity index (χ3v) is 7.30. The predicted octanol–water partition coefficient (Wildman–Crippen LogP) is 4.93. The van der Waals surface area contributed by atoms with Crippen LogP contribution in [0.3, 0.4) is 0 Å². The van der Waals surface area contributed by atoms with Gasteiger partial charge < -0.3 is 15.0 Å². The number of hydrogen-bond donors (Lipinski definition) is 2. The van der Waals surface area contributed by atoms with E-state index in [2.05, 4.69) is 25.5 Å². The van der Waals surface area contributed by atoms with E-state index in [-0.39, 0.29) is 17.9 Å². The van der Waals surface area contributed by atoms with Gasteiger partial charge in [-0.3, -0.25) is 9.89 Å². The van der Waals surface area contributed by atoms with Crippen molar-refractivity contribution in [1.29, 1.82) is 0 Å². The van der Waals surface area contributed by atoms with E-state index in [9.17, 15) is 13.6 Å². The van der Waals surface area contributed by atoms with E-state index in [4.69, 9.17) is 4.74 Å². The second kappa shape index (κ2) is 9.37. The Kier molecular flexibility index (Phi) is 6.26. The average Bonchev–Trinajstić information content (AvgIpc) is 3.41. The number of anilines is 2. The van der Waals surface area contributed by atoms with Crippen LogP contribution in [0, 0.1) is 5.92 Å². The second-order valence-corrected chi connectivity index (χ2v) is 10.1. The van der Waals surface area contributed by atoms with Crippen LogP contribution in [0.2, 0.25) is 0 Å². The monoisotopic (exact) mass is 500 g/mol. The molecule has 8 nitrogen and oxygen atoms in total. The molecule has 3 heterocycles. The molecule has 0 radical (unpaired) electrons. The molecule has 184 valence electrons. The van der Waals surface area contributed by atoms with E-state index in [1.54, 1.807) is 6.20 Å². The van der Waals surface area contributed by atoms with Gasteiger partial charge in [-0.2, -0.15) is 5.10 Å². The number of thiophene rings is 1. The summed E-state index contributed by atoms with van der Waals surface area (Å²) in [4.78, 5) is 24.7. The quantitative estimate of drug-likeness (QED) is 0.374. The number of carbonyl (C=O) groups excluding carboxylic acids is 1. The van der Waals surface area contributed by atoms with Crippen LogP contribution < -0.4 is 10.1 Å². The maximum absolute atomic E-state index is 12.8. The molecule has 0 bridgehead atoms. The molecule has 0 aliphatic heterocycles. The topological polar surface area (TPSA) is 96.0 Å². The second-order valence-electron chi connectivity index (χ2n) is 9.05. The van der Waals surface area contributed by atoms with Crippen LogP contribution >= 0.6 is 11.3 Å². The number of nitrogens with one attached hydrogen (secondary N) is 2. The summed E-state index contributed by atoms with van der Waals surface area (Å²) in [6, 6.07) is 3.88. The minimum atomic E-state index is -2.54. The van der Waals surface area contributed by atoms with E-state index in [1.165, 1.54) is 24.7 Å². The zero-order valence-corrected chi connectivity index (χ0v) is 20.5. The lowest BCUT2D eigenvalue weighted by atomic mass is 9.87. The van der Waals surface area contributed by atoms with Crippen LogP contribution in [0.4, 0.5) is 20.3 Å². The average molecular weight is 501 g/mol. The standard InChI is InChI=1S/C24H26F2N6O2S/c1-12(2)34-18-8-16-14(9-29-31-16)6-17(18)30-22-21-15-5-4-13(24(33)32(3)10-20(25)26)7-19(15)35-23(21)28-11-27-22/h6,8-9,11-13,20H,4-5,7,10H2,1-3H3,(H,29,31)(H,27,28,30). The molecule has 2 N–H and O–H groups in total. The van der Waals surface area contributed by atoms with Crippen LogP contribution in [0.5, 0.6) is 5.75 Å². The van der Waals surface area contributed by atoms with Crippen LogP contribution in [-0.4, -0.2) is 57.1 Å². The summed E-state index contributed by atoms with van der Waals surface area (Å²) < 4.78 is 31.5. The molecular formula is C24H26F2N6O2S. The minimum absolute atomic E-state index is 0.0204. The Morgan fingerprint density at radius 2 is 2.17 bits per heavy atom. The van der Waals surface area contributed by atoms with Crippen LogP contribution in [0.15, 0.2) is 24.7 Å². The Morgan fingerprint density at radius 3 is 2.94 bits per heavy atom. The Morgan fingerprint density at radius 1 is 1.34 bits per heavy atom. The number of halogens is 2. The van der Waals surface area contributed by atoms with Crippen molar-refractivity contribution >= 4 is 49.9 Å². The van der Waals surface area contributed by atoms with Gasteiger partial charge in [-0.25, -0.2) is 18.7 Å². The summed E-state index contributed by atoms with van der Waals surface area (Å²) in [6.07, 6.45) is 2.49. The van der Waals surface area contributed by atoms with Gasteiger partial charge in [0.2, 0.25) is 5.91 Å². The number of nitrogens with zero attached hydrogens (tertiary/aromatic N) is 4. The number of H-pyrrole nitrogens is 1. The summed E-state index contributed by atoms with van der Waals surface area (Å²) in [5.41, 5.74) is 2.76. The van der Waals surface area contributed by atoms with Crippen LogP contribution in [0.25, 0.3) is 21.1 Å². The SMILES string of the molecule is CC(C)Oc1cc2[nH]ncc2cc1Nc1ncnc2sc3c(c12)CCC(C(=O)N(C)CC(F)F)C3. The van der Waals surface area contributed by atoms with Gasteiger partial charge in [-0.1, -0.05) is 0 Å². The van der Waals surface area contributed by atoms with Crippen LogP contribution in [0.1, 0.15) is 30.7 Å². The third kappa shape index (κ3) is 4.64. The van der Waals surface area contributed by atoms with Gasteiger partial charge >= 0.3 is 0 Å². The summed E-state index contributed by atoms with van der Waals surface area (Å²) in [5, 5.41) is 12.4. The molecule has 1 aromatic carbocycles. The first-order valence-corrected chi connectivity index (χ1v) is 12.3. The summed E-state index contributed by atoms with van der Waals surface area (Å²) in [7, 11) is 1.44. The highest BCUT2D eigenvalue weighted by atomic mass is 32.1. The first-order valence-electron chi connectivity index (χ1n) is 11.5. The van der Waals surface area contributed by atoms with Crippen molar-refractivity contribution in [3.8, 4) is 5.75 Å². The smallest absolute Gasteiger partial charge is 0.255 e. The molecule has 11 heteroatoms. The number of rotatable bonds is 7. The van der Waals surface area contributed by atoms with Gasteiger partial charge in [-0.05, 0) is 44.7 Å². The molecule has 1 aliphatic carbocycles. The lowest BCUT2D eigenvalue weighted by Gasteiger charge is -2.26. The molecule has 0 fully saturated rings. The van der Waals surface area contributed by atoms with E-state index in [0.717, 1.165) is 42.1 Å². The lowest BCUT2D eigenvalue weighted by molar-refractivity contribution is -0.136. The summed E-state index contributed by atoms with van der Waals surface area (Å²) in [5.74, 6) is 0.809. The van der Waals surface area contributed by atoms with Gasteiger partial charge in [0.25, 0.3) is 6.43 Å². The highest BCUT2D eigenvalue weighted by molar-refractivity contribution is 7.19. The Bertz CT molecular complexity index is 1390. The number of benzene rings is 1. The predicted molar refractivity (Wildman–Crippen MR) is 132 cm³/mol. The molecule has 35 heavy (non-hydrogen) atoms. The highest BCUT2D eigenvalue weighted by Gasteiger charge is 2.31. The van der Waals surface area contributed by atoms with Crippen LogP contribution in [-0.2, 0) is 17.6 Å². The molecule has 0 saturated heterocycles. The molecule has 1 unspecified atom stereocenters. The number of alkyl halides is 2. The van der Waals surface area contributed by atoms with E-state index in [1.807, 2.05) is 26.0 Å². The van der Waals surface area contributed by atoms with E-state index in [0.29, 0.717) is 30.8 Å². The van der Waals surface area contributed by atoms with Gasteiger partial charge in [0, 0.05) is 29.3 Å². The Labute approximate surface area is 204 Å². The fourth-order valence-electron chi connectivity index (χ4n) is 4.57. The van der Waals surface area contributed by atoms with Crippen molar-refractivity contribution in [2.24, 2.45) is 5.92 Å². The van der Waals surface area contributed by atoms with Gasteiger partial charge in [0.05, 0.1) is 35.4 Å². The van der Waals surface area contributed by atoms with E-state index >= 15 is 0 Å². The Balaban J connectivity index is 1.47. The number of hydrogen-bond acceptors (Lipinski definition) is 7. The molecule has 1 amide bonds. The van der Waals surface area contributed by atoms with Crippen molar-refractivity contribution in [3.63, 3.8) is 0 Å². The molecule has 4 aromatic rings. The Hall–Kier alpha value is -3.34. The van der Waals surface area contributed by atoms with Crippen molar-refractivity contribution in [2.75, 3.05) is 18.9 Å². The first-order chi connectivity index (χ1) is 16.8. The first kappa shape index (κ1) is 23.4. The third-order valence-electron chi connectivity index (χ3n) is 6.14. The zero-order valence-electron chi connectivity index (χ0n) is 19.6. The molecule has 0 spiro atoms. The highest BCUT2D eigenvalue weighted by Crippen LogP contribution is 2.42. The summed E-state index contributed by atoms with van der Waals surface area (Å²) >= 11 is 1.53. The van der Waals surface area contributed by atoms with Crippen molar-refractivity contribution in [2.45, 2.75) is 45.6 Å². The fraction of sp³-hybridized carbons (Fsp3) is 0.417. The van der Waals surface area contributed by atoms with Gasteiger partial charge in [0.1, 0.15) is 22.7 Å². The fourth-order valence-corrected chi connectivity index (χ4v) is 5.84.